The van der Waals surface area contributed by atoms with Crippen molar-refractivity contribution in [1.82, 2.24) is 4.90 Å². The molecule has 1 atom stereocenters. The number of hydrogen-bond donors (Lipinski definition) is 0. The summed E-state index contributed by atoms with van der Waals surface area (Å²) in [6.45, 7) is 1.92. The lowest BCUT2D eigenvalue weighted by Gasteiger charge is -2.28. The number of nitrogens with zero attached hydrogens (tertiary/aromatic N) is 2. The Morgan fingerprint density at radius 1 is 1.07 bits per heavy atom. The summed E-state index contributed by atoms with van der Waals surface area (Å²) in [6.07, 6.45) is 5.19. The molecule has 0 bridgehead atoms. The van der Waals surface area contributed by atoms with Crippen LogP contribution in [0.4, 0.5) is 4.39 Å². The van der Waals surface area contributed by atoms with Gasteiger partial charge < -0.3 is 4.90 Å². The molecule has 0 amide bonds. The zero-order chi connectivity index (χ0) is 18.4. The monoisotopic (exact) mass is 386 g/mol. The van der Waals surface area contributed by atoms with Crippen molar-refractivity contribution in [2.24, 2.45) is 5.92 Å². The molecule has 1 saturated carbocycles. The minimum Gasteiger partial charge on any atom is -0.306 e. The molecule has 2 aromatic rings. The summed E-state index contributed by atoms with van der Waals surface area (Å²) < 4.78 is 13.0. The van der Waals surface area contributed by atoms with Gasteiger partial charge in [-0.05, 0) is 74.9 Å². The number of likely N-dealkylation sites (N-methyl/N-ethyl adjacent to an activating group) is 1. The zero-order valence-electron chi connectivity index (χ0n) is 15.9. The molecule has 0 radical (unpaired) electrons. The van der Waals surface area contributed by atoms with E-state index in [0.29, 0.717) is 5.92 Å². The first kappa shape index (κ1) is 21.4. The number of nitriles is 1. The first-order valence-electron chi connectivity index (χ1n) is 9.54. The van der Waals surface area contributed by atoms with Gasteiger partial charge in [-0.25, -0.2) is 4.39 Å². The van der Waals surface area contributed by atoms with E-state index in [4.69, 9.17) is 0 Å². The highest BCUT2D eigenvalue weighted by molar-refractivity contribution is 5.85. The summed E-state index contributed by atoms with van der Waals surface area (Å²) in [6, 6.07) is 19.7. The molecular formula is C23H28ClFN2. The minimum absolute atomic E-state index is 0. The van der Waals surface area contributed by atoms with E-state index < -0.39 is 0 Å². The topological polar surface area (TPSA) is 27.0 Å². The predicted octanol–water partition coefficient (Wildman–Crippen LogP) is 5.37. The van der Waals surface area contributed by atoms with Crippen LogP contribution in [-0.4, -0.2) is 25.0 Å². The summed E-state index contributed by atoms with van der Waals surface area (Å²) in [5, 5.41) is 9.99. The van der Waals surface area contributed by atoms with Crippen LogP contribution in [0.25, 0.3) is 0 Å². The van der Waals surface area contributed by atoms with E-state index in [1.807, 2.05) is 30.3 Å². The van der Waals surface area contributed by atoms with Crippen LogP contribution >= 0.6 is 12.4 Å². The summed E-state index contributed by atoms with van der Waals surface area (Å²) in [5.41, 5.74) is 2.02. The van der Waals surface area contributed by atoms with Crippen LogP contribution in [0.3, 0.4) is 0 Å². The third-order valence-electron chi connectivity index (χ3n) is 5.57. The van der Waals surface area contributed by atoms with E-state index >= 15 is 0 Å². The summed E-state index contributed by atoms with van der Waals surface area (Å²) in [7, 11) is 2.12. The Kier molecular flexibility index (Phi) is 7.83. The summed E-state index contributed by atoms with van der Waals surface area (Å²) in [4.78, 5) is 2.31. The van der Waals surface area contributed by atoms with Crippen LogP contribution in [0.1, 0.15) is 36.8 Å². The Morgan fingerprint density at radius 2 is 1.74 bits per heavy atom. The maximum atomic E-state index is 13.0. The molecule has 0 aliphatic heterocycles. The van der Waals surface area contributed by atoms with Crippen LogP contribution in [0, 0.1) is 23.1 Å². The summed E-state index contributed by atoms with van der Waals surface area (Å²) in [5.74, 6) is 0.329. The van der Waals surface area contributed by atoms with Crippen molar-refractivity contribution >= 4 is 12.4 Å². The van der Waals surface area contributed by atoms with Crippen LogP contribution < -0.4 is 0 Å². The van der Waals surface area contributed by atoms with E-state index in [2.05, 4.69) is 30.1 Å². The quantitative estimate of drug-likeness (QED) is 0.579. The molecule has 1 aliphatic rings. The lowest BCUT2D eigenvalue weighted by Crippen LogP contribution is -2.29. The molecule has 27 heavy (non-hydrogen) atoms. The van der Waals surface area contributed by atoms with Crippen molar-refractivity contribution < 1.29 is 4.39 Å². The minimum atomic E-state index is -0.320. The first-order chi connectivity index (χ1) is 12.6. The molecule has 0 heterocycles. The first-order valence-corrected chi connectivity index (χ1v) is 9.54. The Hall–Kier alpha value is -1.89. The van der Waals surface area contributed by atoms with Gasteiger partial charge in [0, 0.05) is 6.54 Å². The van der Waals surface area contributed by atoms with Crippen molar-refractivity contribution in [2.75, 3.05) is 20.1 Å². The van der Waals surface area contributed by atoms with Crippen LogP contribution in [0.5, 0.6) is 0 Å². The molecule has 2 nitrogen and oxygen atoms in total. The second-order valence-electron chi connectivity index (χ2n) is 7.51. The third-order valence-corrected chi connectivity index (χ3v) is 5.57. The highest BCUT2D eigenvalue weighted by atomic mass is 35.5. The van der Waals surface area contributed by atoms with Crippen LogP contribution in [0.2, 0.25) is 0 Å². The molecule has 3 rings (SSSR count). The van der Waals surface area contributed by atoms with Crippen molar-refractivity contribution in [1.29, 1.82) is 5.26 Å². The second kappa shape index (κ2) is 9.88. The molecule has 0 N–H and O–H groups in total. The maximum Gasteiger partial charge on any atom is 0.123 e. The largest absolute Gasteiger partial charge is 0.306 e. The molecular weight excluding hydrogens is 359 g/mol. The van der Waals surface area contributed by atoms with Gasteiger partial charge in [0.25, 0.3) is 0 Å². The SMILES string of the molecule is CN(CCCC(C#N)(c1ccccc1)C1CC1)CCc1ccc(F)cc1.Cl. The van der Waals surface area contributed by atoms with Gasteiger partial charge in [0.1, 0.15) is 5.82 Å². The molecule has 0 spiro atoms. The predicted molar refractivity (Wildman–Crippen MR) is 111 cm³/mol. The van der Waals surface area contributed by atoms with Gasteiger partial charge in [0.05, 0.1) is 11.5 Å². The standard InChI is InChI=1S/C23H27FN2.ClH/c1-26(17-14-19-8-12-22(24)13-9-19)16-5-15-23(18-25,21-10-11-21)20-6-3-2-4-7-20;/h2-4,6-9,12-13,21H,5,10-11,14-17H2,1H3;1H. The van der Waals surface area contributed by atoms with Gasteiger partial charge in [-0.1, -0.05) is 42.5 Å². The number of rotatable bonds is 9. The molecule has 0 saturated heterocycles. The fourth-order valence-corrected chi connectivity index (χ4v) is 3.82. The molecule has 1 fully saturated rings. The van der Waals surface area contributed by atoms with Gasteiger partial charge in [0.2, 0.25) is 0 Å². The van der Waals surface area contributed by atoms with Crippen LogP contribution in [0.15, 0.2) is 54.6 Å². The van der Waals surface area contributed by atoms with E-state index in [1.165, 1.54) is 30.5 Å². The average molecular weight is 387 g/mol. The maximum absolute atomic E-state index is 13.0. The molecule has 144 valence electrons. The Morgan fingerprint density at radius 3 is 2.33 bits per heavy atom. The van der Waals surface area contributed by atoms with Gasteiger partial charge in [-0.2, -0.15) is 5.26 Å². The van der Waals surface area contributed by atoms with Gasteiger partial charge >= 0.3 is 0 Å². The fourth-order valence-electron chi connectivity index (χ4n) is 3.82. The smallest absolute Gasteiger partial charge is 0.123 e. The number of hydrogen-bond acceptors (Lipinski definition) is 2. The highest BCUT2D eigenvalue weighted by Crippen LogP contribution is 2.49. The van der Waals surface area contributed by atoms with Crippen LogP contribution in [-0.2, 0) is 11.8 Å². The van der Waals surface area contributed by atoms with E-state index in [1.54, 1.807) is 0 Å². The normalized spacial score (nSPS) is 15.6. The molecule has 1 aliphatic carbocycles. The van der Waals surface area contributed by atoms with Crippen molar-refractivity contribution in [3.8, 4) is 6.07 Å². The van der Waals surface area contributed by atoms with E-state index in [-0.39, 0.29) is 23.6 Å². The third kappa shape index (κ3) is 5.54. The Balaban J connectivity index is 0.00000261. The molecule has 0 aromatic heterocycles. The van der Waals surface area contributed by atoms with Gasteiger partial charge in [0.15, 0.2) is 0 Å². The van der Waals surface area contributed by atoms with Crippen molar-refractivity contribution in [2.45, 2.75) is 37.5 Å². The van der Waals surface area contributed by atoms with Crippen molar-refractivity contribution in [3.05, 3.63) is 71.5 Å². The highest BCUT2D eigenvalue weighted by Gasteiger charge is 2.46. The zero-order valence-corrected chi connectivity index (χ0v) is 16.7. The molecule has 4 heteroatoms. The average Bonchev–Trinajstić information content (AvgIpc) is 3.51. The van der Waals surface area contributed by atoms with E-state index in [9.17, 15) is 9.65 Å². The van der Waals surface area contributed by atoms with Gasteiger partial charge in [-0.15, -0.1) is 12.4 Å². The molecule has 1 unspecified atom stereocenters. The number of benzene rings is 2. The Bertz CT molecular complexity index is 737. The fraction of sp³-hybridized carbons (Fsp3) is 0.435. The number of halogens is 2. The van der Waals surface area contributed by atoms with E-state index in [0.717, 1.165) is 37.9 Å². The Labute approximate surface area is 168 Å². The molecule has 2 aromatic carbocycles. The summed E-state index contributed by atoms with van der Waals surface area (Å²) >= 11 is 0. The van der Waals surface area contributed by atoms with Gasteiger partial charge in [-0.3, -0.25) is 0 Å². The second-order valence-corrected chi connectivity index (χ2v) is 7.51. The lowest BCUT2D eigenvalue weighted by molar-refractivity contribution is 0.308. The lowest BCUT2D eigenvalue weighted by atomic mass is 9.74. The van der Waals surface area contributed by atoms with Crippen molar-refractivity contribution in [3.63, 3.8) is 0 Å².